The van der Waals surface area contributed by atoms with Gasteiger partial charge in [-0.25, -0.2) is 9.07 Å². The van der Waals surface area contributed by atoms with Gasteiger partial charge in [-0.3, -0.25) is 9.79 Å². The molecular weight excluding hydrogens is 375 g/mol. The minimum Gasteiger partial charge on any atom is -0.309 e. The Labute approximate surface area is 169 Å². The summed E-state index contributed by atoms with van der Waals surface area (Å²) < 4.78 is 15.2. The maximum atomic E-state index is 13.6. The number of aromatic nitrogens is 2. The lowest BCUT2D eigenvalue weighted by atomic mass is 10.1. The second-order valence-corrected chi connectivity index (χ2v) is 7.07. The highest BCUT2D eigenvalue weighted by atomic mass is 32.2. The molecule has 0 aliphatic carbocycles. The molecule has 7 heteroatoms. The zero-order valence-corrected chi connectivity index (χ0v) is 17.5. The quantitative estimate of drug-likeness (QED) is 0.360. The second kappa shape index (κ2) is 10.0. The van der Waals surface area contributed by atoms with Crippen LogP contribution in [-0.2, 0) is 11.2 Å². The molecule has 0 N–H and O–H groups in total. The fourth-order valence-electron chi connectivity index (χ4n) is 2.78. The zero-order valence-electron chi connectivity index (χ0n) is 16.6. The van der Waals surface area contributed by atoms with Crippen LogP contribution in [0, 0.1) is 6.92 Å². The first kappa shape index (κ1) is 21.6. The summed E-state index contributed by atoms with van der Waals surface area (Å²) >= 11 is 1.67. The van der Waals surface area contributed by atoms with Crippen LogP contribution in [-0.4, -0.2) is 35.2 Å². The summed E-state index contributed by atoms with van der Waals surface area (Å²) in [5, 5.41) is 4.42. The first-order valence-corrected chi connectivity index (χ1v) is 10.1. The Balaban J connectivity index is 2.23. The number of carbonyl (C=O) groups is 1. The summed E-state index contributed by atoms with van der Waals surface area (Å²) in [5.74, 6) is -0.523. The van der Waals surface area contributed by atoms with Gasteiger partial charge in [-0.2, -0.15) is 5.10 Å². The number of likely N-dealkylation sites (N-methyl/N-ethyl adjacent to an activating group) is 1. The number of amides is 1. The van der Waals surface area contributed by atoms with Gasteiger partial charge in [0.05, 0.1) is 30.2 Å². The predicted molar refractivity (Wildman–Crippen MR) is 116 cm³/mol. The molecular formula is C21H25FN4OS. The van der Waals surface area contributed by atoms with E-state index in [4.69, 9.17) is 0 Å². The number of nitrogens with zero attached hydrogens (tertiary/aromatic N) is 4. The van der Waals surface area contributed by atoms with Gasteiger partial charge < -0.3 is 4.90 Å². The van der Waals surface area contributed by atoms with Crippen LogP contribution in [0.1, 0.15) is 25.1 Å². The number of hydrogen-bond acceptors (Lipinski definition) is 4. The molecule has 0 bridgehead atoms. The van der Waals surface area contributed by atoms with Gasteiger partial charge >= 0.3 is 0 Å². The van der Waals surface area contributed by atoms with E-state index >= 15 is 0 Å². The Morgan fingerprint density at radius 3 is 2.64 bits per heavy atom. The van der Waals surface area contributed by atoms with E-state index < -0.39 is 5.83 Å². The van der Waals surface area contributed by atoms with Crippen LogP contribution in [0.4, 0.5) is 10.1 Å². The van der Waals surface area contributed by atoms with Crippen molar-refractivity contribution in [1.29, 1.82) is 0 Å². The van der Waals surface area contributed by atoms with Crippen LogP contribution in [0.25, 0.3) is 5.70 Å². The summed E-state index contributed by atoms with van der Waals surface area (Å²) in [6.07, 6.45) is 6.42. The van der Waals surface area contributed by atoms with Gasteiger partial charge in [0.2, 0.25) is 5.91 Å². The summed E-state index contributed by atoms with van der Waals surface area (Å²) in [4.78, 5) is 19.1. The van der Waals surface area contributed by atoms with Crippen molar-refractivity contribution in [1.82, 2.24) is 9.78 Å². The van der Waals surface area contributed by atoms with E-state index in [0.29, 0.717) is 30.0 Å². The SMILES string of the molecule is C=N/C=C(F)\C=C(/C)n1cc(N(CC)C(=O)Cc2ccc(SC)cc2)c(C)n1. The van der Waals surface area contributed by atoms with Crippen LogP contribution in [0.15, 0.2) is 58.5 Å². The molecule has 148 valence electrons. The third-order valence-corrected chi connectivity index (χ3v) is 4.96. The predicted octanol–water partition coefficient (Wildman–Crippen LogP) is 4.88. The highest BCUT2D eigenvalue weighted by Gasteiger charge is 2.19. The molecule has 0 unspecified atom stereocenters. The number of allylic oxidation sites excluding steroid dienone is 3. The Morgan fingerprint density at radius 2 is 2.07 bits per heavy atom. The largest absolute Gasteiger partial charge is 0.309 e. The third-order valence-electron chi connectivity index (χ3n) is 4.22. The molecule has 1 aromatic heterocycles. The van der Waals surface area contributed by atoms with Crippen molar-refractivity contribution in [2.75, 3.05) is 17.7 Å². The molecule has 28 heavy (non-hydrogen) atoms. The van der Waals surface area contributed by atoms with Crippen molar-refractivity contribution in [2.24, 2.45) is 4.99 Å². The number of halogens is 1. The minimum absolute atomic E-state index is 0.00869. The zero-order chi connectivity index (χ0) is 20.7. The number of aliphatic imine (C=N–C) groups is 1. The van der Waals surface area contributed by atoms with E-state index in [2.05, 4.69) is 16.8 Å². The minimum atomic E-state index is -0.515. The van der Waals surface area contributed by atoms with Crippen LogP contribution >= 0.6 is 11.8 Å². The van der Waals surface area contributed by atoms with Gasteiger partial charge in [-0.15, -0.1) is 11.8 Å². The lowest BCUT2D eigenvalue weighted by Gasteiger charge is -2.20. The van der Waals surface area contributed by atoms with Crippen LogP contribution in [0.5, 0.6) is 0 Å². The van der Waals surface area contributed by atoms with Gasteiger partial charge in [-0.05, 0) is 57.5 Å². The number of rotatable bonds is 8. The molecule has 1 amide bonds. The summed E-state index contributed by atoms with van der Waals surface area (Å²) in [6.45, 7) is 9.24. The molecule has 0 fully saturated rings. The van der Waals surface area contributed by atoms with Gasteiger partial charge in [0.25, 0.3) is 0 Å². The maximum absolute atomic E-state index is 13.6. The molecule has 1 aromatic carbocycles. The lowest BCUT2D eigenvalue weighted by Crippen LogP contribution is -2.32. The second-order valence-electron chi connectivity index (χ2n) is 6.19. The average molecular weight is 401 g/mol. The number of anilines is 1. The highest BCUT2D eigenvalue weighted by Crippen LogP contribution is 2.23. The number of carbonyl (C=O) groups excluding carboxylic acids is 1. The van der Waals surface area contributed by atoms with Crippen molar-refractivity contribution >= 4 is 35.8 Å². The van der Waals surface area contributed by atoms with E-state index in [1.807, 2.05) is 44.4 Å². The van der Waals surface area contributed by atoms with Crippen LogP contribution < -0.4 is 4.90 Å². The van der Waals surface area contributed by atoms with E-state index in [-0.39, 0.29) is 5.91 Å². The molecule has 5 nitrogen and oxygen atoms in total. The molecule has 0 aliphatic rings. The van der Waals surface area contributed by atoms with Crippen molar-refractivity contribution in [2.45, 2.75) is 32.1 Å². The molecule has 2 rings (SSSR count). The van der Waals surface area contributed by atoms with Crippen molar-refractivity contribution in [3.8, 4) is 0 Å². The first-order chi connectivity index (χ1) is 13.4. The number of benzene rings is 1. The summed E-state index contributed by atoms with van der Waals surface area (Å²) in [5.41, 5.74) is 2.95. The maximum Gasteiger partial charge on any atom is 0.231 e. The fourth-order valence-corrected chi connectivity index (χ4v) is 3.19. The smallest absolute Gasteiger partial charge is 0.231 e. The normalized spacial score (nSPS) is 12.2. The van der Waals surface area contributed by atoms with Crippen molar-refractivity contribution in [3.05, 3.63) is 59.8 Å². The average Bonchev–Trinajstić information content (AvgIpc) is 3.05. The Morgan fingerprint density at radius 1 is 1.39 bits per heavy atom. The molecule has 0 spiro atoms. The Kier molecular flexibility index (Phi) is 7.75. The van der Waals surface area contributed by atoms with E-state index in [0.717, 1.165) is 16.7 Å². The first-order valence-electron chi connectivity index (χ1n) is 8.89. The van der Waals surface area contributed by atoms with Crippen LogP contribution in [0.2, 0.25) is 0 Å². The molecule has 0 atom stereocenters. The number of thioether (sulfide) groups is 1. The standard InChI is InChI=1S/C21H25FN4OS/c1-6-25(21(27)12-17-7-9-19(28-5)10-8-17)20-14-26(24-16(20)3)15(2)11-18(22)13-23-4/h7-11,13-14H,4,6,12H2,1-3,5H3/b15-11+,18-13+. The van der Waals surface area contributed by atoms with E-state index in [1.54, 1.807) is 34.5 Å². The molecule has 1 heterocycles. The van der Waals surface area contributed by atoms with E-state index in [9.17, 15) is 9.18 Å². The van der Waals surface area contributed by atoms with Crippen molar-refractivity contribution < 1.29 is 9.18 Å². The number of aryl methyl sites for hydroxylation is 1. The van der Waals surface area contributed by atoms with Gasteiger partial charge in [0, 0.05) is 17.1 Å². The topological polar surface area (TPSA) is 50.5 Å². The Bertz CT molecular complexity index is 900. The third kappa shape index (κ3) is 5.42. The molecule has 0 saturated heterocycles. The molecule has 2 aromatic rings. The summed E-state index contributed by atoms with van der Waals surface area (Å²) in [6, 6.07) is 7.98. The fraction of sp³-hybridized carbons (Fsp3) is 0.286. The molecule has 0 aliphatic heterocycles. The van der Waals surface area contributed by atoms with Gasteiger partial charge in [0.1, 0.15) is 5.83 Å². The van der Waals surface area contributed by atoms with E-state index in [1.165, 1.54) is 6.08 Å². The van der Waals surface area contributed by atoms with Crippen LogP contribution in [0.3, 0.4) is 0 Å². The highest BCUT2D eigenvalue weighted by molar-refractivity contribution is 7.98. The summed E-state index contributed by atoms with van der Waals surface area (Å²) in [7, 11) is 0. The Hall–Kier alpha value is -2.67. The molecule has 0 radical (unpaired) electrons. The monoisotopic (exact) mass is 400 g/mol. The molecule has 0 saturated carbocycles. The van der Waals surface area contributed by atoms with Gasteiger partial charge in [0.15, 0.2) is 0 Å². The van der Waals surface area contributed by atoms with Crippen molar-refractivity contribution in [3.63, 3.8) is 0 Å². The lowest BCUT2D eigenvalue weighted by molar-refractivity contribution is -0.117. The van der Waals surface area contributed by atoms with Gasteiger partial charge in [-0.1, -0.05) is 12.1 Å². The number of hydrogen-bond donors (Lipinski definition) is 0.